The fraction of sp³-hybridized carbons (Fsp3) is 0.600. The lowest BCUT2D eigenvalue weighted by molar-refractivity contribution is 0.490. The van der Waals surface area contributed by atoms with E-state index in [1.807, 2.05) is 0 Å². The van der Waals surface area contributed by atoms with Gasteiger partial charge in [-0.15, -0.1) is 0 Å². The largest absolute Gasteiger partial charge is 0.309 e. The molecule has 1 aromatic rings. The predicted molar refractivity (Wildman–Crippen MR) is 77.7 cm³/mol. The van der Waals surface area contributed by atoms with Crippen molar-refractivity contribution < 1.29 is 0 Å². The van der Waals surface area contributed by atoms with Gasteiger partial charge in [0, 0.05) is 17.3 Å². The zero-order valence-electron chi connectivity index (χ0n) is 11.1. The molecule has 1 N–H and O–H groups in total. The van der Waals surface area contributed by atoms with Gasteiger partial charge in [-0.3, -0.25) is 0 Å². The van der Waals surface area contributed by atoms with Gasteiger partial charge in [0.05, 0.1) is 0 Å². The van der Waals surface area contributed by atoms with Crippen LogP contribution >= 0.6 is 11.8 Å². The van der Waals surface area contributed by atoms with Crippen molar-refractivity contribution in [1.29, 1.82) is 0 Å². The summed E-state index contributed by atoms with van der Waals surface area (Å²) >= 11 is 2.12. The van der Waals surface area contributed by atoms with Gasteiger partial charge >= 0.3 is 0 Å². The van der Waals surface area contributed by atoms with E-state index < -0.39 is 0 Å². The minimum Gasteiger partial charge on any atom is -0.309 e. The molecule has 0 amide bonds. The molecule has 2 heteroatoms. The Kier molecular flexibility index (Phi) is 4.16. The van der Waals surface area contributed by atoms with Crippen LogP contribution in [-0.2, 0) is 0 Å². The van der Waals surface area contributed by atoms with Crippen LogP contribution in [0, 0.1) is 6.92 Å². The summed E-state index contributed by atoms with van der Waals surface area (Å²) in [6.45, 7) is 7.93. The number of hydrogen-bond acceptors (Lipinski definition) is 2. The van der Waals surface area contributed by atoms with E-state index in [9.17, 15) is 0 Å². The first-order chi connectivity index (χ1) is 8.09. The molecule has 1 saturated heterocycles. The van der Waals surface area contributed by atoms with E-state index in [1.165, 1.54) is 29.7 Å². The van der Waals surface area contributed by atoms with Crippen molar-refractivity contribution in [2.24, 2.45) is 0 Å². The summed E-state index contributed by atoms with van der Waals surface area (Å²) in [5.41, 5.74) is 2.74. The van der Waals surface area contributed by atoms with E-state index in [-0.39, 0.29) is 0 Å². The van der Waals surface area contributed by atoms with Crippen LogP contribution in [0.15, 0.2) is 24.3 Å². The third-order valence-electron chi connectivity index (χ3n) is 3.62. The first-order valence-corrected chi connectivity index (χ1v) is 7.52. The maximum atomic E-state index is 3.69. The minimum atomic E-state index is 0.452. The van der Waals surface area contributed by atoms with Gasteiger partial charge in [-0.1, -0.05) is 29.8 Å². The lowest BCUT2D eigenvalue weighted by Crippen LogP contribution is -2.34. The van der Waals surface area contributed by atoms with Crippen LogP contribution in [0.4, 0.5) is 0 Å². The summed E-state index contributed by atoms with van der Waals surface area (Å²) in [6.07, 6.45) is 2.73. The highest BCUT2D eigenvalue weighted by atomic mass is 32.2. The maximum Gasteiger partial charge on any atom is 0.0292 e. The number of thioether (sulfide) groups is 1. The molecule has 2 atom stereocenters. The van der Waals surface area contributed by atoms with Crippen LogP contribution in [0.1, 0.15) is 43.9 Å². The van der Waals surface area contributed by atoms with E-state index in [1.54, 1.807) is 0 Å². The molecule has 0 aromatic heterocycles. The molecule has 0 radical (unpaired) electrons. The first kappa shape index (κ1) is 13.0. The molecule has 1 aliphatic rings. The zero-order chi connectivity index (χ0) is 12.3. The summed E-state index contributed by atoms with van der Waals surface area (Å²) in [6, 6.07) is 9.25. The third kappa shape index (κ3) is 3.49. The molecule has 1 aromatic carbocycles. The van der Waals surface area contributed by atoms with Crippen LogP contribution < -0.4 is 5.32 Å². The summed E-state index contributed by atoms with van der Waals surface area (Å²) in [4.78, 5) is 0. The van der Waals surface area contributed by atoms with Crippen molar-refractivity contribution in [3.05, 3.63) is 35.4 Å². The molecule has 0 saturated carbocycles. The standard InChI is InChI=1S/C15H23NS/c1-12-6-4-7-14(10-12)13(2)16-11-15(3)8-5-9-17-15/h4,6-7,10,13,16H,5,8-9,11H2,1-3H3. The molecule has 1 aliphatic heterocycles. The monoisotopic (exact) mass is 249 g/mol. The summed E-state index contributed by atoms with van der Waals surface area (Å²) < 4.78 is 0.456. The van der Waals surface area contributed by atoms with E-state index in [0.717, 1.165) is 6.54 Å². The second-order valence-corrected chi connectivity index (χ2v) is 7.10. The molecule has 2 unspecified atom stereocenters. The van der Waals surface area contributed by atoms with Gasteiger partial charge in [0.1, 0.15) is 0 Å². The van der Waals surface area contributed by atoms with Crippen LogP contribution in [-0.4, -0.2) is 17.0 Å². The van der Waals surface area contributed by atoms with Gasteiger partial charge in [0.15, 0.2) is 0 Å². The van der Waals surface area contributed by atoms with E-state index >= 15 is 0 Å². The van der Waals surface area contributed by atoms with Gasteiger partial charge in [-0.25, -0.2) is 0 Å². The third-order valence-corrected chi connectivity index (χ3v) is 5.16. The molecule has 0 bridgehead atoms. The zero-order valence-corrected chi connectivity index (χ0v) is 11.9. The second-order valence-electron chi connectivity index (χ2n) is 5.42. The van der Waals surface area contributed by atoms with Crippen molar-refractivity contribution in [2.75, 3.05) is 12.3 Å². The quantitative estimate of drug-likeness (QED) is 0.867. The Labute approximate surface area is 109 Å². The molecule has 94 valence electrons. The maximum absolute atomic E-state index is 3.69. The van der Waals surface area contributed by atoms with Crippen molar-refractivity contribution in [2.45, 2.75) is 44.4 Å². The molecule has 1 fully saturated rings. The summed E-state index contributed by atoms with van der Waals surface area (Å²) in [5, 5.41) is 3.69. The van der Waals surface area contributed by atoms with Crippen LogP contribution in [0.25, 0.3) is 0 Å². The Morgan fingerprint density at radius 1 is 1.47 bits per heavy atom. The smallest absolute Gasteiger partial charge is 0.0292 e. The topological polar surface area (TPSA) is 12.0 Å². The summed E-state index contributed by atoms with van der Waals surface area (Å²) in [5.74, 6) is 1.33. The average Bonchev–Trinajstić information content (AvgIpc) is 2.74. The highest BCUT2D eigenvalue weighted by molar-refractivity contribution is 8.00. The number of aryl methyl sites for hydroxylation is 1. The highest BCUT2D eigenvalue weighted by Crippen LogP contribution is 2.37. The van der Waals surface area contributed by atoms with Gasteiger partial charge < -0.3 is 5.32 Å². The van der Waals surface area contributed by atoms with E-state index in [0.29, 0.717) is 10.8 Å². The molecular weight excluding hydrogens is 226 g/mol. The number of rotatable bonds is 4. The van der Waals surface area contributed by atoms with Crippen LogP contribution in [0.3, 0.4) is 0 Å². The number of benzene rings is 1. The Morgan fingerprint density at radius 2 is 2.29 bits per heavy atom. The van der Waals surface area contributed by atoms with Crippen molar-refractivity contribution in [3.8, 4) is 0 Å². The Hall–Kier alpha value is -0.470. The van der Waals surface area contributed by atoms with Gasteiger partial charge in [-0.2, -0.15) is 11.8 Å². The average molecular weight is 249 g/mol. The molecule has 2 rings (SSSR count). The lowest BCUT2D eigenvalue weighted by Gasteiger charge is -2.26. The lowest BCUT2D eigenvalue weighted by atomic mass is 10.0. The van der Waals surface area contributed by atoms with Crippen molar-refractivity contribution >= 4 is 11.8 Å². The Morgan fingerprint density at radius 3 is 2.94 bits per heavy atom. The fourth-order valence-corrected chi connectivity index (χ4v) is 3.66. The second kappa shape index (κ2) is 5.45. The number of hydrogen-bond donors (Lipinski definition) is 1. The van der Waals surface area contributed by atoms with Gasteiger partial charge in [-0.05, 0) is 44.9 Å². The van der Waals surface area contributed by atoms with E-state index in [2.05, 4.69) is 62.1 Å². The summed E-state index contributed by atoms with van der Waals surface area (Å²) in [7, 11) is 0. The minimum absolute atomic E-state index is 0.452. The molecule has 0 spiro atoms. The van der Waals surface area contributed by atoms with E-state index in [4.69, 9.17) is 0 Å². The molecular formula is C15H23NS. The van der Waals surface area contributed by atoms with Gasteiger partial charge in [0.25, 0.3) is 0 Å². The Bertz CT molecular complexity index is 369. The van der Waals surface area contributed by atoms with Crippen LogP contribution in [0.2, 0.25) is 0 Å². The molecule has 17 heavy (non-hydrogen) atoms. The highest BCUT2D eigenvalue weighted by Gasteiger charge is 2.29. The predicted octanol–water partition coefficient (Wildman–Crippen LogP) is 3.93. The Balaban J connectivity index is 1.91. The van der Waals surface area contributed by atoms with Gasteiger partial charge in [0.2, 0.25) is 0 Å². The molecule has 0 aliphatic carbocycles. The molecule has 1 heterocycles. The molecule has 1 nitrogen and oxygen atoms in total. The normalized spacial score (nSPS) is 26.1. The fourth-order valence-electron chi connectivity index (χ4n) is 2.40. The van der Waals surface area contributed by atoms with Crippen molar-refractivity contribution in [3.63, 3.8) is 0 Å². The van der Waals surface area contributed by atoms with Crippen LogP contribution in [0.5, 0.6) is 0 Å². The first-order valence-electron chi connectivity index (χ1n) is 6.53. The SMILES string of the molecule is Cc1cccc(C(C)NCC2(C)CCCS2)c1. The number of nitrogens with one attached hydrogen (secondary N) is 1. The van der Waals surface area contributed by atoms with Crippen molar-refractivity contribution in [1.82, 2.24) is 5.32 Å².